The molecule has 1 aromatic carbocycles. The summed E-state index contributed by atoms with van der Waals surface area (Å²) < 4.78 is 10.1. The highest BCUT2D eigenvalue weighted by molar-refractivity contribution is 7.18. The molecule has 0 bridgehead atoms. The Balaban J connectivity index is 1.87. The van der Waals surface area contributed by atoms with Crippen LogP contribution in [0.3, 0.4) is 0 Å². The summed E-state index contributed by atoms with van der Waals surface area (Å²) >= 11 is 6.78. The van der Waals surface area contributed by atoms with Gasteiger partial charge < -0.3 is 14.8 Å². The van der Waals surface area contributed by atoms with Crippen molar-refractivity contribution in [3.8, 4) is 5.75 Å². The van der Waals surface area contributed by atoms with E-state index in [1.165, 1.54) is 25.3 Å². The summed E-state index contributed by atoms with van der Waals surface area (Å²) in [6, 6.07) is 6.69. The van der Waals surface area contributed by atoms with E-state index in [2.05, 4.69) is 5.32 Å². The maximum atomic E-state index is 12.0. The van der Waals surface area contributed by atoms with Crippen molar-refractivity contribution in [1.82, 2.24) is 5.32 Å². The number of benzene rings is 1. The number of nitrogens with one attached hydrogen (secondary N) is 1. The fourth-order valence-electron chi connectivity index (χ4n) is 1.96. The van der Waals surface area contributed by atoms with Crippen LogP contribution in [-0.2, 0) is 9.53 Å². The van der Waals surface area contributed by atoms with Crippen molar-refractivity contribution >= 4 is 46.3 Å². The number of nitro benzene ring substituents is 1. The number of amides is 1. The highest BCUT2D eigenvalue weighted by atomic mass is 35.5. The van der Waals surface area contributed by atoms with Gasteiger partial charge in [0.05, 0.1) is 21.2 Å². The summed E-state index contributed by atoms with van der Waals surface area (Å²) in [6.45, 7) is -0.989. The van der Waals surface area contributed by atoms with E-state index >= 15 is 0 Å². The standard InChI is InChI=1S/C16H13ClN2O7S/c1-25-12-3-2-9(6-10(12)19(23)24)16(22)18-7-15(21)26-8-11(20)13-4-5-14(17)27-13/h2-6H,7-8H2,1H3,(H,18,22). The molecule has 27 heavy (non-hydrogen) atoms. The number of methoxy groups -OCH3 is 1. The molecule has 1 heterocycles. The van der Waals surface area contributed by atoms with Crippen LogP contribution in [0.2, 0.25) is 4.34 Å². The van der Waals surface area contributed by atoms with Gasteiger partial charge in [0.1, 0.15) is 6.54 Å². The summed E-state index contributed by atoms with van der Waals surface area (Å²) in [4.78, 5) is 46.1. The number of halogens is 1. The van der Waals surface area contributed by atoms with Gasteiger partial charge >= 0.3 is 11.7 Å². The Morgan fingerprint density at radius 1 is 1.26 bits per heavy atom. The van der Waals surface area contributed by atoms with Crippen LogP contribution >= 0.6 is 22.9 Å². The predicted octanol–water partition coefficient (Wildman–Crippen LogP) is 2.47. The second-order valence-electron chi connectivity index (χ2n) is 5.01. The maximum absolute atomic E-state index is 12.0. The van der Waals surface area contributed by atoms with E-state index in [1.807, 2.05) is 0 Å². The fourth-order valence-corrected chi connectivity index (χ4v) is 2.93. The number of esters is 1. The number of rotatable bonds is 8. The summed E-state index contributed by atoms with van der Waals surface area (Å²) in [7, 11) is 1.27. The van der Waals surface area contributed by atoms with Crippen molar-refractivity contribution in [2.24, 2.45) is 0 Å². The third-order valence-electron chi connectivity index (χ3n) is 3.24. The van der Waals surface area contributed by atoms with E-state index in [9.17, 15) is 24.5 Å². The van der Waals surface area contributed by atoms with Gasteiger partial charge in [-0.1, -0.05) is 11.6 Å². The van der Waals surface area contributed by atoms with Gasteiger partial charge in [0, 0.05) is 11.6 Å². The fraction of sp³-hybridized carbons (Fsp3) is 0.188. The molecule has 0 aliphatic heterocycles. The lowest BCUT2D eigenvalue weighted by molar-refractivity contribution is -0.385. The van der Waals surface area contributed by atoms with Crippen molar-refractivity contribution in [3.05, 3.63) is 55.2 Å². The van der Waals surface area contributed by atoms with Crippen LogP contribution in [0.5, 0.6) is 5.75 Å². The third kappa shape index (κ3) is 5.50. The van der Waals surface area contributed by atoms with Crippen LogP contribution < -0.4 is 10.1 Å². The summed E-state index contributed by atoms with van der Waals surface area (Å²) in [5.41, 5.74) is -0.410. The molecule has 0 radical (unpaired) electrons. The Kier molecular flexibility index (Phi) is 6.85. The van der Waals surface area contributed by atoms with Crippen LogP contribution in [0.15, 0.2) is 30.3 Å². The Labute approximate surface area is 162 Å². The molecular formula is C16H13ClN2O7S. The molecule has 0 unspecified atom stereocenters. The summed E-state index contributed by atoms with van der Waals surface area (Å²) in [6.07, 6.45) is 0. The van der Waals surface area contributed by atoms with Gasteiger partial charge in [-0.2, -0.15) is 0 Å². The normalized spacial score (nSPS) is 10.1. The van der Waals surface area contributed by atoms with Crippen LogP contribution in [0.25, 0.3) is 0 Å². The Morgan fingerprint density at radius 2 is 2.00 bits per heavy atom. The second-order valence-corrected chi connectivity index (χ2v) is 6.73. The summed E-state index contributed by atoms with van der Waals surface area (Å²) in [5.74, 6) is -1.96. The highest BCUT2D eigenvalue weighted by Gasteiger charge is 2.19. The lowest BCUT2D eigenvalue weighted by Crippen LogP contribution is -2.31. The number of ether oxygens (including phenoxy) is 2. The van der Waals surface area contributed by atoms with Gasteiger partial charge in [0.25, 0.3) is 5.91 Å². The van der Waals surface area contributed by atoms with E-state index in [0.29, 0.717) is 9.21 Å². The van der Waals surface area contributed by atoms with Crippen molar-refractivity contribution in [2.45, 2.75) is 0 Å². The zero-order chi connectivity index (χ0) is 20.0. The SMILES string of the molecule is COc1ccc(C(=O)NCC(=O)OCC(=O)c2ccc(Cl)s2)cc1[N+](=O)[O-]. The number of Topliss-reactive ketones (excluding diaryl/α,β-unsaturated/α-hetero) is 1. The zero-order valence-electron chi connectivity index (χ0n) is 13.9. The largest absolute Gasteiger partial charge is 0.490 e. The minimum atomic E-state index is -0.831. The van der Waals surface area contributed by atoms with E-state index in [-0.39, 0.29) is 17.0 Å². The molecule has 0 saturated heterocycles. The molecule has 2 aromatic rings. The monoisotopic (exact) mass is 412 g/mol. The van der Waals surface area contributed by atoms with Crippen LogP contribution in [0.1, 0.15) is 20.0 Å². The average molecular weight is 413 g/mol. The molecule has 11 heteroatoms. The lowest BCUT2D eigenvalue weighted by atomic mass is 10.1. The van der Waals surface area contributed by atoms with E-state index in [1.54, 1.807) is 6.07 Å². The van der Waals surface area contributed by atoms with E-state index < -0.39 is 35.7 Å². The zero-order valence-corrected chi connectivity index (χ0v) is 15.5. The number of carbonyl (C=O) groups is 3. The van der Waals surface area contributed by atoms with Crippen LogP contribution in [0.4, 0.5) is 5.69 Å². The molecule has 142 valence electrons. The van der Waals surface area contributed by atoms with Crippen molar-refractivity contribution in [2.75, 3.05) is 20.3 Å². The Morgan fingerprint density at radius 3 is 2.59 bits per heavy atom. The Hall–Kier alpha value is -2.98. The van der Waals surface area contributed by atoms with Crippen LogP contribution in [-0.4, -0.2) is 42.8 Å². The number of carbonyl (C=O) groups excluding carboxylic acids is 3. The molecule has 1 N–H and O–H groups in total. The molecule has 0 aliphatic rings. The van der Waals surface area contributed by atoms with Gasteiger partial charge in [-0.3, -0.25) is 24.5 Å². The molecule has 0 atom stereocenters. The molecule has 0 spiro atoms. The first kappa shape index (κ1) is 20.3. The van der Waals surface area contributed by atoms with Crippen molar-refractivity contribution in [3.63, 3.8) is 0 Å². The smallest absolute Gasteiger partial charge is 0.325 e. The minimum absolute atomic E-state index is 0.00292. The van der Waals surface area contributed by atoms with Gasteiger partial charge in [0.2, 0.25) is 5.78 Å². The average Bonchev–Trinajstić information content (AvgIpc) is 3.09. The van der Waals surface area contributed by atoms with Gasteiger partial charge in [-0.15, -0.1) is 11.3 Å². The number of hydrogen-bond acceptors (Lipinski definition) is 8. The summed E-state index contributed by atoms with van der Waals surface area (Å²) in [5, 5.41) is 13.2. The number of nitrogens with zero attached hydrogens (tertiary/aromatic N) is 1. The molecule has 9 nitrogen and oxygen atoms in total. The molecule has 0 saturated carbocycles. The van der Waals surface area contributed by atoms with Crippen molar-refractivity contribution < 1.29 is 28.8 Å². The van der Waals surface area contributed by atoms with Gasteiger partial charge in [-0.25, -0.2) is 0 Å². The first-order valence-electron chi connectivity index (χ1n) is 7.36. The first-order chi connectivity index (χ1) is 12.8. The van der Waals surface area contributed by atoms with Crippen molar-refractivity contribution in [1.29, 1.82) is 0 Å². The topological polar surface area (TPSA) is 125 Å². The molecule has 1 amide bonds. The third-order valence-corrected chi connectivity index (χ3v) is 4.52. The maximum Gasteiger partial charge on any atom is 0.325 e. The van der Waals surface area contributed by atoms with E-state index in [4.69, 9.17) is 21.1 Å². The number of nitro groups is 1. The quantitative estimate of drug-likeness (QED) is 0.305. The molecule has 2 rings (SSSR count). The molecule has 1 aromatic heterocycles. The molecule has 0 fully saturated rings. The predicted molar refractivity (Wildman–Crippen MR) is 96.6 cm³/mol. The second kappa shape index (κ2) is 9.10. The van der Waals surface area contributed by atoms with Gasteiger partial charge in [-0.05, 0) is 24.3 Å². The molecular weight excluding hydrogens is 400 g/mol. The number of hydrogen-bond donors (Lipinski definition) is 1. The minimum Gasteiger partial charge on any atom is -0.490 e. The van der Waals surface area contributed by atoms with Gasteiger partial charge in [0.15, 0.2) is 12.4 Å². The first-order valence-corrected chi connectivity index (χ1v) is 8.56. The highest BCUT2D eigenvalue weighted by Crippen LogP contribution is 2.27. The molecule has 0 aliphatic carbocycles. The number of ketones is 1. The van der Waals surface area contributed by atoms with Crippen LogP contribution in [0, 0.1) is 10.1 Å². The van der Waals surface area contributed by atoms with E-state index in [0.717, 1.165) is 17.4 Å². The Bertz CT molecular complexity index is 897. The lowest BCUT2D eigenvalue weighted by Gasteiger charge is -2.07. The number of thiophene rings is 1.